The van der Waals surface area contributed by atoms with Crippen molar-refractivity contribution in [2.45, 2.75) is 70.9 Å². The van der Waals surface area contributed by atoms with Crippen LogP contribution in [0.3, 0.4) is 0 Å². The van der Waals surface area contributed by atoms with Gasteiger partial charge in [0.1, 0.15) is 13.2 Å². The molecule has 0 saturated heterocycles. The summed E-state index contributed by atoms with van der Waals surface area (Å²) in [4.78, 5) is 21.2. The Morgan fingerprint density at radius 1 is 1.14 bits per heavy atom. The summed E-state index contributed by atoms with van der Waals surface area (Å²) in [6, 6.07) is -0.837. The molecule has 0 radical (unpaired) electrons. The molecule has 0 aliphatic heterocycles. The third kappa shape index (κ3) is 17.8. The Morgan fingerprint density at radius 2 is 1.76 bits per heavy atom. The molecule has 0 rings (SSSR count). The van der Waals surface area contributed by atoms with Gasteiger partial charge in [-0.15, -0.1) is 0 Å². The van der Waals surface area contributed by atoms with E-state index in [0.29, 0.717) is 11.0 Å². The average Bonchev–Trinajstić information content (AvgIpc) is 2.59. The number of rotatable bonds is 17. The van der Waals surface area contributed by atoms with Crippen LogP contribution in [0.25, 0.3) is 0 Å². The molecule has 0 aliphatic carbocycles. The van der Waals surface area contributed by atoms with Crippen molar-refractivity contribution < 1.29 is 32.9 Å². The number of nitrogens with zero attached hydrogens (tertiary/aromatic N) is 1. The van der Waals surface area contributed by atoms with Crippen LogP contribution in [-0.2, 0) is 18.4 Å². The van der Waals surface area contributed by atoms with Crippen LogP contribution in [0.1, 0.15) is 58.8 Å². The van der Waals surface area contributed by atoms with Gasteiger partial charge >= 0.3 is 7.82 Å². The number of hydrogen-bond acceptors (Lipinski definition) is 5. The van der Waals surface area contributed by atoms with Crippen LogP contribution in [0.5, 0.6) is 0 Å². The Balaban J connectivity index is 4.42. The second-order valence-corrected chi connectivity index (χ2v) is 9.85. The summed E-state index contributed by atoms with van der Waals surface area (Å²) in [6.07, 6.45) is 10.4. The number of phosphoric ester groups is 1. The zero-order valence-electron chi connectivity index (χ0n) is 18.8. The predicted octanol–water partition coefficient (Wildman–Crippen LogP) is 3.00. The maximum Gasteiger partial charge on any atom is 0.472 e. The molecule has 0 aromatic carbocycles. The first-order valence-electron chi connectivity index (χ1n) is 10.5. The molecular weight excluding hydrogens is 395 g/mol. The van der Waals surface area contributed by atoms with Gasteiger partial charge < -0.3 is 19.8 Å². The van der Waals surface area contributed by atoms with Crippen molar-refractivity contribution in [1.82, 2.24) is 5.32 Å². The normalized spacial score (nSPS) is 16.5. The first kappa shape index (κ1) is 28.2. The molecule has 0 spiro atoms. The number of hydrogen-bond donors (Lipinski definition) is 3. The second-order valence-electron chi connectivity index (χ2n) is 8.39. The van der Waals surface area contributed by atoms with Crippen molar-refractivity contribution in [3.8, 4) is 0 Å². The van der Waals surface area contributed by atoms with E-state index in [9.17, 15) is 19.4 Å². The molecule has 1 amide bonds. The number of amides is 1. The monoisotopic (exact) mass is 437 g/mol. The Morgan fingerprint density at radius 3 is 2.34 bits per heavy atom. The fraction of sp³-hybridized carbons (Fsp3) is 0.850. The molecule has 0 fully saturated rings. The van der Waals surface area contributed by atoms with Gasteiger partial charge in [-0.3, -0.25) is 13.8 Å². The van der Waals surface area contributed by atoms with E-state index in [0.717, 1.165) is 19.3 Å². The first-order chi connectivity index (χ1) is 13.5. The summed E-state index contributed by atoms with van der Waals surface area (Å²) in [6.45, 7) is 3.76. The van der Waals surface area contributed by atoms with Crippen molar-refractivity contribution in [2.75, 3.05) is 40.9 Å². The predicted molar refractivity (Wildman–Crippen MR) is 115 cm³/mol. The van der Waals surface area contributed by atoms with E-state index >= 15 is 0 Å². The first-order valence-corrected chi connectivity index (χ1v) is 12.0. The number of unbranched alkanes of at least 4 members (excludes halogenated alkanes) is 6. The van der Waals surface area contributed by atoms with Crippen LogP contribution < -0.4 is 5.32 Å². The fourth-order valence-corrected chi connectivity index (χ4v) is 3.28. The summed E-state index contributed by atoms with van der Waals surface area (Å²) in [7, 11) is 1.55. The van der Waals surface area contributed by atoms with E-state index in [1.165, 1.54) is 32.6 Å². The Bertz CT molecular complexity index is 522. The second kappa shape index (κ2) is 15.1. The van der Waals surface area contributed by atoms with E-state index < -0.39 is 20.0 Å². The number of carbonyl (C=O) groups is 1. The average molecular weight is 438 g/mol. The quantitative estimate of drug-likeness (QED) is 0.140. The lowest BCUT2D eigenvalue weighted by atomic mass is 10.1. The highest BCUT2D eigenvalue weighted by Gasteiger charge is 2.27. The molecule has 172 valence electrons. The van der Waals surface area contributed by atoms with Gasteiger partial charge in [0.2, 0.25) is 5.91 Å². The summed E-state index contributed by atoms with van der Waals surface area (Å²) in [5.74, 6) is -0.360. The van der Waals surface area contributed by atoms with Gasteiger partial charge in [-0.2, -0.15) is 0 Å². The minimum absolute atomic E-state index is 0.0583. The molecule has 9 heteroatoms. The van der Waals surface area contributed by atoms with E-state index in [1.807, 2.05) is 27.2 Å². The number of likely N-dealkylation sites (N-methyl/N-ethyl adjacent to an activating group) is 1. The smallest absolute Gasteiger partial charge is 0.387 e. The zero-order valence-corrected chi connectivity index (χ0v) is 19.7. The summed E-state index contributed by atoms with van der Waals surface area (Å²) in [5, 5.41) is 12.9. The molecular formula is C20H42N2O6P+. The molecule has 0 aliphatic rings. The van der Waals surface area contributed by atoms with Crippen LogP contribution >= 0.6 is 7.82 Å². The van der Waals surface area contributed by atoms with Crippen LogP contribution in [0.15, 0.2) is 12.2 Å². The van der Waals surface area contributed by atoms with Crippen LogP contribution in [-0.4, -0.2) is 73.4 Å². The zero-order chi connectivity index (χ0) is 22.3. The summed E-state index contributed by atoms with van der Waals surface area (Å²) < 4.78 is 22.5. The number of carbonyl (C=O) groups excluding carboxylic acids is 1. The molecule has 29 heavy (non-hydrogen) atoms. The molecule has 3 N–H and O–H groups in total. The van der Waals surface area contributed by atoms with Gasteiger partial charge in [0.25, 0.3) is 0 Å². The lowest BCUT2D eigenvalue weighted by Gasteiger charge is -2.25. The molecule has 0 heterocycles. The van der Waals surface area contributed by atoms with E-state index in [-0.39, 0.29) is 19.1 Å². The third-order valence-electron chi connectivity index (χ3n) is 4.29. The van der Waals surface area contributed by atoms with Crippen molar-refractivity contribution in [3.63, 3.8) is 0 Å². The maximum absolute atomic E-state index is 12.0. The highest BCUT2D eigenvalue weighted by atomic mass is 31.2. The largest absolute Gasteiger partial charge is 0.472 e. The highest BCUT2D eigenvalue weighted by Crippen LogP contribution is 2.43. The lowest BCUT2D eigenvalue weighted by molar-refractivity contribution is -0.870. The van der Waals surface area contributed by atoms with Crippen molar-refractivity contribution in [1.29, 1.82) is 0 Å². The van der Waals surface area contributed by atoms with Crippen molar-refractivity contribution in [2.24, 2.45) is 0 Å². The topological polar surface area (TPSA) is 105 Å². The summed E-state index contributed by atoms with van der Waals surface area (Å²) in [5.41, 5.74) is 0. The molecule has 0 saturated carbocycles. The van der Waals surface area contributed by atoms with E-state index in [1.54, 1.807) is 6.08 Å². The van der Waals surface area contributed by atoms with Gasteiger partial charge in [0.05, 0.1) is 39.9 Å². The third-order valence-corrected chi connectivity index (χ3v) is 5.28. The number of nitrogens with one attached hydrogen (secondary N) is 1. The van der Waals surface area contributed by atoms with Gasteiger partial charge in [0.15, 0.2) is 0 Å². The highest BCUT2D eigenvalue weighted by molar-refractivity contribution is 7.47. The molecule has 3 atom stereocenters. The Kier molecular flexibility index (Phi) is 14.7. The molecule has 3 unspecified atom stereocenters. The van der Waals surface area contributed by atoms with Gasteiger partial charge in [-0.1, -0.05) is 51.2 Å². The number of phosphoric acid groups is 1. The summed E-state index contributed by atoms with van der Waals surface area (Å²) >= 11 is 0. The minimum atomic E-state index is -4.26. The van der Waals surface area contributed by atoms with Crippen LogP contribution in [0.2, 0.25) is 0 Å². The molecule has 0 aromatic rings. The fourth-order valence-electron chi connectivity index (χ4n) is 2.54. The van der Waals surface area contributed by atoms with E-state index in [2.05, 4.69) is 12.2 Å². The SMILES string of the molecule is CCCCCCCC/C=C/C(O)C(COP(=O)(O)OCC[N+](C)(C)C)NC(C)=O. The lowest BCUT2D eigenvalue weighted by Crippen LogP contribution is -2.44. The van der Waals surface area contributed by atoms with E-state index in [4.69, 9.17) is 9.05 Å². The molecule has 0 aromatic heterocycles. The van der Waals surface area contributed by atoms with Crippen LogP contribution in [0.4, 0.5) is 0 Å². The standard InChI is InChI=1S/C20H41N2O6P/c1-6-7-8-9-10-11-12-13-14-20(24)19(21-18(2)23)17-28-29(25,26)27-16-15-22(3,4)5/h13-14,19-20,24H,6-12,15-17H2,1-5H3,(H-,21,23,25,26)/p+1/b14-13+. The molecule has 8 nitrogen and oxygen atoms in total. The van der Waals surface area contributed by atoms with Crippen LogP contribution in [0, 0.1) is 0 Å². The molecule has 0 bridgehead atoms. The van der Waals surface area contributed by atoms with Crippen molar-refractivity contribution >= 4 is 13.7 Å². The Labute approximate surface area is 176 Å². The number of aliphatic hydroxyl groups excluding tert-OH is 1. The Hall–Kier alpha value is -0.760. The van der Waals surface area contributed by atoms with Gasteiger partial charge in [0, 0.05) is 6.92 Å². The minimum Gasteiger partial charge on any atom is -0.387 e. The number of quaternary nitrogens is 1. The number of aliphatic hydroxyl groups is 1. The van der Waals surface area contributed by atoms with Gasteiger partial charge in [-0.05, 0) is 12.8 Å². The maximum atomic E-state index is 12.0. The van der Waals surface area contributed by atoms with Gasteiger partial charge in [-0.25, -0.2) is 4.57 Å². The number of allylic oxidation sites excluding steroid dienone is 1. The van der Waals surface area contributed by atoms with Crippen molar-refractivity contribution in [3.05, 3.63) is 12.2 Å².